The Balaban J connectivity index is 1.69. The fourth-order valence-corrected chi connectivity index (χ4v) is 3.49. The Kier molecular flexibility index (Phi) is 7.40. The number of benzene rings is 2. The van der Waals surface area contributed by atoms with Crippen LogP contribution in [0.25, 0.3) is 6.08 Å². The van der Waals surface area contributed by atoms with E-state index in [0.717, 1.165) is 17.7 Å². The number of carbonyl (C=O) groups excluding carboxylic acids is 1. The zero-order valence-corrected chi connectivity index (χ0v) is 18.5. The summed E-state index contributed by atoms with van der Waals surface area (Å²) in [6, 6.07) is 10.2. The standard InChI is InChI=1S/C23H23F3N2O3S/c1-3-30-19-10-7-16(14-20(19)31-4-2)11-12-28-21(29)18(27-22(28)32)13-15-5-8-17(9-6-15)23(24,25)26/h5-10,13-14H,3-4,11-12H2,1-2H3,(H,27,32)/b18-13+. The molecule has 0 aromatic heterocycles. The van der Waals surface area contributed by atoms with Crippen molar-refractivity contribution < 1.29 is 27.4 Å². The van der Waals surface area contributed by atoms with Gasteiger partial charge >= 0.3 is 6.18 Å². The first-order valence-corrected chi connectivity index (χ1v) is 10.5. The van der Waals surface area contributed by atoms with Gasteiger partial charge in [-0.2, -0.15) is 13.2 Å². The molecule has 0 bridgehead atoms. The molecule has 32 heavy (non-hydrogen) atoms. The van der Waals surface area contributed by atoms with Gasteiger partial charge in [0.1, 0.15) is 5.70 Å². The van der Waals surface area contributed by atoms with Crippen LogP contribution in [0.3, 0.4) is 0 Å². The summed E-state index contributed by atoms with van der Waals surface area (Å²) in [5.41, 5.74) is 0.889. The lowest BCUT2D eigenvalue weighted by molar-refractivity contribution is -0.137. The minimum Gasteiger partial charge on any atom is -0.490 e. The van der Waals surface area contributed by atoms with Crippen molar-refractivity contribution in [2.45, 2.75) is 26.4 Å². The van der Waals surface area contributed by atoms with Gasteiger partial charge in [-0.15, -0.1) is 0 Å². The Labute approximate surface area is 189 Å². The predicted molar refractivity (Wildman–Crippen MR) is 119 cm³/mol. The second-order valence-corrected chi connectivity index (χ2v) is 7.35. The first-order chi connectivity index (χ1) is 15.2. The van der Waals surface area contributed by atoms with Crippen molar-refractivity contribution in [3.63, 3.8) is 0 Å². The van der Waals surface area contributed by atoms with Crippen LogP contribution in [0.4, 0.5) is 13.2 Å². The van der Waals surface area contributed by atoms with Crippen LogP contribution in [0.2, 0.25) is 0 Å². The fraction of sp³-hybridized carbons (Fsp3) is 0.304. The predicted octanol–water partition coefficient (Wildman–Crippen LogP) is 4.80. The zero-order valence-electron chi connectivity index (χ0n) is 17.7. The van der Waals surface area contributed by atoms with Gasteiger partial charge < -0.3 is 14.8 Å². The van der Waals surface area contributed by atoms with Crippen LogP contribution in [0, 0.1) is 0 Å². The molecule has 0 radical (unpaired) electrons. The summed E-state index contributed by atoms with van der Waals surface area (Å²) >= 11 is 5.28. The van der Waals surface area contributed by atoms with E-state index in [2.05, 4.69) is 5.32 Å². The van der Waals surface area contributed by atoms with Crippen LogP contribution in [0.1, 0.15) is 30.5 Å². The van der Waals surface area contributed by atoms with E-state index in [1.807, 2.05) is 32.0 Å². The van der Waals surface area contributed by atoms with Crippen molar-refractivity contribution in [2.75, 3.05) is 19.8 Å². The van der Waals surface area contributed by atoms with Crippen LogP contribution in [0.5, 0.6) is 11.5 Å². The lowest BCUT2D eigenvalue weighted by atomic mass is 10.1. The minimum absolute atomic E-state index is 0.219. The van der Waals surface area contributed by atoms with Crippen LogP contribution in [-0.4, -0.2) is 35.7 Å². The summed E-state index contributed by atoms with van der Waals surface area (Å²) in [5, 5.41) is 3.10. The van der Waals surface area contributed by atoms with Gasteiger partial charge in [-0.05, 0) is 74.0 Å². The number of halogens is 3. The number of thiocarbonyl (C=S) groups is 1. The molecule has 1 saturated heterocycles. The molecule has 1 heterocycles. The van der Waals surface area contributed by atoms with Crippen LogP contribution >= 0.6 is 12.2 Å². The summed E-state index contributed by atoms with van der Waals surface area (Å²) in [6.07, 6.45) is -2.39. The molecule has 2 aromatic rings. The summed E-state index contributed by atoms with van der Waals surface area (Å²) in [4.78, 5) is 14.2. The highest BCUT2D eigenvalue weighted by atomic mass is 32.1. The molecule has 1 fully saturated rings. The molecule has 170 valence electrons. The second kappa shape index (κ2) is 10.0. The fourth-order valence-electron chi connectivity index (χ4n) is 3.20. The number of hydrogen-bond acceptors (Lipinski definition) is 4. The molecule has 9 heteroatoms. The van der Waals surface area contributed by atoms with E-state index >= 15 is 0 Å². The number of amides is 1. The van der Waals surface area contributed by atoms with Gasteiger partial charge in [0.05, 0.1) is 18.8 Å². The number of hydrogen-bond donors (Lipinski definition) is 1. The Morgan fingerprint density at radius 2 is 1.69 bits per heavy atom. The third kappa shape index (κ3) is 5.59. The molecule has 1 aliphatic rings. The van der Waals surface area contributed by atoms with Crippen molar-refractivity contribution >= 4 is 29.3 Å². The van der Waals surface area contributed by atoms with Gasteiger partial charge in [0, 0.05) is 6.54 Å². The largest absolute Gasteiger partial charge is 0.490 e. The van der Waals surface area contributed by atoms with Crippen LogP contribution in [-0.2, 0) is 17.4 Å². The minimum atomic E-state index is -4.41. The molecule has 0 atom stereocenters. The van der Waals surface area contributed by atoms with Gasteiger partial charge in [0.25, 0.3) is 5.91 Å². The maximum absolute atomic E-state index is 12.8. The monoisotopic (exact) mass is 464 g/mol. The van der Waals surface area contributed by atoms with E-state index in [1.54, 1.807) is 0 Å². The topological polar surface area (TPSA) is 50.8 Å². The Morgan fingerprint density at radius 3 is 2.31 bits per heavy atom. The number of alkyl halides is 3. The first kappa shape index (κ1) is 23.6. The van der Waals surface area contributed by atoms with Crippen molar-refractivity contribution in [1.82, 2.24) is 10.2 Å². The number of ether oxygens (including phenoxy) is 2. The number of nitrogens with zero attached hydrogens (tertiary/aromatic N) is 1. The van der Waals surface area contributed by atoms with E-state index in [1.165, 1.54) is 23.1 Å². The van der Waals surface area contributed by atoms with E-state index in [0.29, 0.717) is 43.2 Å². The highest BCUT2D eigenvalue weighted by Crippen LogP contribution is 2.30. The molecular weight excluding hydrogens is 441 g/mol. The molecule has 0 unspecified atom stereocenters. The molecule has 3 rings (SSSR count). The third-order valence-corrected chi connectivity index (χ3v) is 5.07. The quantitative estimate of drug-likeness (QED) is 0.449. The average Bonchev–Trinajstić information content (AvgIpc) is 3.01. The normalized spacial score (nSPS) is 15.3. The number of carbonyl (C=O) groups is 1. The third-order valence-electron chi connectivity index (χ3n) is 4.74. The van der Waals surface area contributed by atoms with Gasteiger partial charge in [0.2, 0.25) is 0 Å². The molecule has 1 N–H and O–H groups in total. The summed E-state index contributed by atoms with van der Waals surface area (Å²) in [6.45, 7) is 5.15. The van der Waals surface area contributed by atoms with Crippen molar-refractivity contribution in [2.24, 2.45) is 0 Å². The van der Waals surface area contributed by atoms with E-state index < -0.39 is 11.7 Å². The SMILES string of the molecule is CCOc1ccc(CCN2C(=O)/C(=C\c3ccc(C(F)(F)F)cc3)NC2=S)cc1OCC. The first-order valence-electron chi connectivity index (χ1n) is 10.1. The van der Waals surface area contributed by atoms with Crippen molar-refractivity contribution in [3.8, 4) is 11.5 Å². The highest BCUT2D eigenvalue weighted by Gasteiger charge is 2.31. The van der Waals surface area contributed by atoms with E-state index in [-0.39, 0.29) is 16.7 Å². The average molecular weight is 465 g/mol. The summed E-state index contributed by atoms with van der Waals surface area (Å²) in [7, 11) is 0. The van der Waals surface area contributed by atoms with Crippen molar-refractivity contribution in [3.05, 3.63) is 64.9 Å². The Morgan fingerprint density at radius 1 is 1.03 bits per heavy atom. The molecule has 1 amide bonds. The molecule has 0 saturated carbocycles. The smallest absolute Gasteiger partial charge is 0.416 e. The maximum Gasteiger partial charge on any atom is 0.416 e. The van der Waals surface area contributed by atoms with Crippen LogP contribution < -0.4 is 14.8 Å². The van der Waals surface area contributed by atoms with Crippen LogP contribution in [0.15, 0.2) is 48.2 Å². The van der Waals surface area contributed by atoms with Gasteiger partial charge in [-0.25, -0.2) is 0 Å². The Hall–Kier alpha value is -3.07. The second-order valence-electron chi connectivity index (χ2n) is 6.96. The molecule has 0 spiro atoms. The van der Waals surface area contributed by atoms with Gasteiger partial charge in [0.15, 0.2) is 16.6 Å². The maximum atomic E-state index is 12.8. The number of nitrogens with one attached hydrogen (secondary N) is 1. The summed E-state index contributed by atoms with van der Waals surface area (Å²) < 4.78 is 49.4. The molecule has 0 aliphatic carbocycles. The Bertz CT molecular complexity index is 1020. The number of rotatable bonds is 8. The van der Waals surface area contributed by atoms with E-state index in [9.17, 15) is 18.0 Å². The molecule has 2 aromatic carbocycles. The zero-order chi connectivity index (χ0) is 23.3. The molecular formula is C23H23F3N2O3S. The van der Waals surface area contributed by atoms with Gasteiger partial charge in [-0.1, -0.05) is 18.2 Å². The molecule has 1 aliphatic heterocycles. The van der Waals surface area contributed by atoms with Gasteiger partial charge in [-0.3, -0.25) is 9.69 Å². The van der Waals surface area contributed by atoms with Crippen molar-refractivity contribution in [1.29, 1.82) is 0 Å². The summed E-state index contributed by atoms with van der Waals surface area (Å²) in [5.74, 6) is 0.975. The van der Waals surface area contributed by atoms with E-state index in [4.69, 9.17) is 21.7 Å². The molecule has 5 nitrogen and oxygen atoms in total. The lowest BCUT2D eigenvalue weighted by Crippen LogP contribution is -2.32. The lowest BCUT2D eigenvalue weighted by Gasteiger charge is -2.15. The highest BCUT2D eigenvalue weighted by molar-refractivity contribution is 7.80.